The number of aliphatic hydroxyl groups is 2. The van der Waals surface area contributed by atoms with Crippen molar-refractivity contribution in [2.75, 3.05) is 14.2 Å². The lowest BCUT2D eigenvalue weighted by Crippen LogP contribution is -2.29. The molecule has 0 spiro atoms. The van der Waals surface area contributed by atoms with E-state index in [0.717, 1.165) is 62.5 Å². The molecule has 172 valence electrons. The molecule has 5 nitrogen and oxygen atoms in total. The number of methoxy groups -OCH3 is 2. The van der Waals surface area contributed by atoms with E-state index >= 15 is 0 Å². The summed E-state index contributed by atoms with van der Waals surface area (Å²) in [5.74, 6) is 0. The maximum Gasteiger partial charge on any atom is 0.161 e. The lowest BCUT2D eigenvalue weighted by Gasteiger charge is -2.26. The van der Waals surface area contributed by atoms with E-state index < -0.39 is 12.2 Å². The highest BCUT2D eigenvalue weighted by Crippen LogP contribution is 2.24. The Kier molecular flexibility index (Phi) is 17.8. The number of rotatable bonds is 18. The first kappa shape index (κ1) is 29.7. The summed E-state index contributed by atoms with van der Waals surface area (Å²) in [6.07, 6.45) is 5.44. The van der Waals surface area contributed by atoms with Gasteiger partial charge in [0, 0.05) is 34.9 Å². The molecule has 0 aromatic rings. The van der Waals surface area contributed by atoms with Gasteiger partial charge in [0.1, 0.15) is 0 Å². The summed E-state index contributed by atoms with van der Waals surface area (Å²) in [4.78, 5) is 0. The van der Waals surface area contributed by atoms with E-state index in [2.05, 4.69) is 58.3 Å². The molecule has 29 heavy (non-hydrogen) atoms. The molecule has 0 aromatic carbocycles. The van der Waals surface area contributed by atoms with E-state index in [-0.39, 0.29) is 12.6 Å². The first-order chi connectivity index (χ1) is 13.6. The van der Waals surface area contributed by atoms with Crippen molar-refractivity contribution in [1.82, 2.24) is 0 Å². The van der Waals surface area contributed by atoms with Gasteiger partial charge in [-0.3, -0.25) is 0 Å². The van der Waals surface area contributed by atoms with Crippen LogP contribution in [0.15, 0.2) is 24.3 Å². The maximum atomic E-state index is 9.83. The standard InChI is InChI=1S/C22H40I2O5/c1-15(2)19(25)11-7-9-17(23)13-21(27-5)29-22(28-6)14-18(24)10-8-12-20(26)16(3)4/h17-22,25-26H,1,3,7-14H2,2,4-6H3. The number of ether oxygens (including phenoxy) is 3. The van der Waals surface area contributed by atoms with E-state index in [0.29, 0.717) is 7.85 Å². The van der Waals surface area contributed by atoms with Gasteiger partial charge in [0.15, 0.2) is 12.6 Å². The van der Waals surface area contributed by atoms with Crippen molar-refractivity contribution in [3.63, 3.8) is 0 Å². The highest BCUT2D eigenvalue weighted by atomic mass is 127. The molecule has 0 aliphatic heterocycles. The van der Waals surface area contributed by atoms with Crippen molar-refractivity contribution in [2.45, 2.75) is 97.9 Å². The van der Waals surface area contributed by atoms with Gasteiger partial charge in [0.25, 0.3) is 0 Å². The Hall–Kier alpha value is 0.740. The average Bonchev–Trinajstić information content (AvgIpc) is 2.66. The Balaban J connectivity index is 4.27. The summed E-state index contributed by atoms with van der Waals surface area (Å²) in [6.45, 7) is 11.3. The van der Waals surface area contributed by atoms with E-state index in [4.69, 9.17) is 14.2 Å². The van der Waals surface area contributed by atoms with E-state index in [9.17, 15) is 10.2 Å². The van der Waals surface area contributed by atoms with E-state index in [1.807, 2.05) is 13.8 Å². The quantitative estimate of drug-likeness (QED) is 0.0893. The molecule has 6 unspecified atom stereocenters. The van der Waals surface area contributed by atoms with Crippen LogP contribution in [0.2, 0.25) is 0 Å². The van der Waals surface area contributed by atoms with Gasteiger partial charge < -0.3 is 24.4 Å². The summed E-state index contributed by atoms with van der Waals surface area (Å²) in [6, 6.07) is 0. The van der Waals surface area contributed by atoms with Crippen molar-refractivity contribution in [2.24, 2.45) is 0 Å². The number of aliphatic hydroxyl groups excluding tert-OH is 2. The van der Waals surface area contributed by atoms with Crippen LogP contribution in [0.1, 0.15) is 65.2 Å². The van der Waals surface area contributed by atoms with Crippen LogP contribution in [-0.4, -0.2) is 57.1 Å². The molecule has 0 rings (SSSR count). The van der Waals surface area contributed by atoms with Gasteiger partial charge in [0.2, 0.25) is 0 Å². The summed E-state index contributed by atoms with van der Waals surface area (Å²) in [7, 11) is 3.32. The normalized spacial score (nSPS) is 17.9. The van der Waals surface area contributed by atoms with E-state index in [1.54, 1.807) is 14.2 Å². The molecular weight excluding hydrogens is 598 g/mol. The van der Waals surface area contributed by atoms with Crippen LogP contribution in [0, 0.1) is 0 Å². The van der Waals surface area contributed by atoms with Crippen LogP contribution in [-0.2, 0) is 14.2 Å². The molecule has 0 aliphatic rings. The molecule has 0 fully saturated rings. The van der Waals surface area contributed by atoms with Crippen molar-refractivity contribution >= 4 is 45.2 Å². The van der Waals surface area contributed by atoms with Crippen LogP contribution < -0.4 is 0 Å². The number of alkyl halides is 2. The maximum absolute atomic E-state index is 9.83. The predicted molar refractivity (Wildman–Crippen MR) is 137 cm³/mol. The topological polar surface area (TPSA) is 68.2 Å². The summed E-state index contributed by atoms with van der Waals surface area (Å²) < 4.78 is 17.9. The molecule has 0 aromatic heterocycles. The highest BCUT2D eigenvalue weighted by Gasteiger charge is 2.22. The van der Waals surface area contributed by atoms with Gasteiger partial charge in [-0.25, -0.2) is 0 Å². The second kappa shape index (κ2) is 17.3. The Labute approximate surface area is 204 Å². The van der Waals surface area contributed by atoms with Crippen molar-refractivity contribution < 1.29 is 24.4 Å². The van der Waals surface area contributed by atoms with Crippen LogP contribution in [0.3, 0.4) is 0 Å². The fraction of sp³-hybridized carbons (Fsp3) is 0.818. The molecule has 0 saturated carbocycles. The predicted octanol–water partition coefficient (Wildman–Crippen LogP) is 5.55. The van der Waals surface area contributed by atoms with Crippen LogP contribution >= 0.6 is 45.2 Å². The van der Waals surface area contributed by atoms with E-state index in [1.165, 1.54) is 0 Å². The third kappa shape index (κ3) is 15.2. The summed E-state index contributed by atoms with van der Waals surface area (Å²) >= 11 is 4.84. The number of hydrogen-bond donors (Lipinski definition) is 2. The van der Waals surface area contributed by atoms with Gasteiger partial charge in [-0.2, -0.15) is 0 Å². The second-order valence-corrected chi connectivity index (χ2v) is 11.2. The minimum atomic E-state index is -0.414. The van der Waals surface area contributed by atoms with Gasteiger partial charge in [-0.05, 0) is 52.4 Å². The fourth-order valence-electron chi connectivity index (χ4n) is 2.80. The zero-order valence-electron chi connectivity index (χ0n) is 18.4. The lowest BCUT2D eigenvalue weighted by atomic mass is 10.0. The Morgan fingerprint density at radius 3 is 1.38 bits per heavy atom. The van der Waals surface area contributed by atoms with Gasteiger partial charge in [0.05, 0.1) is 12.2 Å². The van der Waals surface area contributed by atoms with Gasteiger partial charge >= 0.3 is 0 Å². The molecule has 0 bridgehead atoms. The SMILES string of the molecule is C=C(C)C(O)CCCC(I)CC(OC)OC(CC(I)CCCC(O)C(=C)C)OC. The Morgan fingerprint density at radius 1 is 0.759 bits per heavy atom. The second-order valence-electron chi connectivity index (χ2n) is 7.72. The molecule has 0 aliphatic carbocycles. The monoisotopic (exact) mass is 638 g/mol. The zero-order chi connectivity index (χ0) is 22.4. The summed E-state index contributed by atoms with van der Waals surface area (Å²) in [5.41, 5.74) is 1.64. The third-order valence-electron chi connectivity index (χ3n) is 4.85. The van der Waals surface area contributed by atoms with Crippen LogP contribution in [0.5, 0.6) is 0 Å². The number of halogens is 2. The Bertz CT molecular complexity index is 420. The largest absolute Gasteiger partial charge is 0.389 e. The smallest absolute Gasteiger partial charge is 0.161 e. The minimum absolute atomic E-state index is 0.318. The van der Waals surface area contributed by atoms with Gasteiger partial charge in [-0.1, -0.05) is 69.5 Å². The highest BCUT2D eigenvalue weighted by molar-refractivity contribution is 14.1. The van der Waals surface area contributed by atoms with Crippen molar-refractivity contribution in [3.8, 4) is 0 Å². The first-order valence-electron chi connectivity index (χ1n) is 10.3. The molecule has 0 radical (unpaired) electrons. The van der Waals surface area contributed by atoms with Crippen molar-refractivity contribution in [3.05, 3.63) is 24.3 Å². The molecule has 7 heteroatoms. The minimum Gasteiger partial charge on any atom is -0.389 e. The third-order valence-corrected chi connectivity index (χ3v) is 7.12. The summed E-state index contributed by atoms with van der Waals surface area (Å²) in [5, 5.41) is 19.7. The molecule has 0 amide bonds. The van der Waals surface area contributed by atoms with Crippen LogP contribution in [0.25, 0.3) is 0 Å². The Morgan fingerprint density at radius 2 is 1.10 bits per heavy atom. The zero-order valence-corrected chi connectivity index (χ0v) is 22.7. The van der Waals surface area contributed by atoms with Crippen LogP contribution in [0.4, 0.5) is 0 Å². The molecule has 0 heterocycles. The average molecular weight is 638 g/mol. The molecular formula is C22H40I2O5. The molecule has 0 saturated heterocycles. The fourth-order valence-corrected chi connectivity index (χ4v) is 4.51. The van der Waals surface area contributed by atoms with Crippen molar-refractivity contribution in [1.29, 1.82) is 0 Å². The first-order valence-corrected chi connectivity index (χ1v) is 12.8. The lowest BCUT2D eigenvalue weighted by molar-refractivity contribution is -0.232. The molecule has 6 atom stereocenters. The van der Waals surface area contributed by atoms with Gasteiger partial charge in [-0.15, -0.1) is 0 Å². The number of hydrogen-bond acceptors (Lipinski definition) is 5. The molecule has 2 N–H and O–H groups in total.